The van der Waals surface area contributed by atoms with Gasteiger partial charge in [0.1, 0.15) is 0 Å². The molecule has 1 rings (SSSR count). The van der Waals surface area contributed by atoms with Gasteiger partial charge < -0.3 is 5.11 Å². The van der Waals surface area contributed by atoms with Crippen molar-refractivity contribution in [3.63, 3.8) is 0 Å². The molecule has 1 saturated heterocycles. The highest BCUT2D eigenvalue weighted by molar-refractivity contribution is 7.88. The summed E-state index contributed by atoms with van der Waals surface area (Å²) in [7, 11) is -6.98. The zero-order valence-electron chi connectivity index (χ0n) is 11.1. The molecule has 118 valence electrons. The summed E-state index contributed by atoms with van der Waals surface area (Å²) in [6, 6.07) is 0. The van der Waals surface area contributed by atoms with Crippen molar-refractivity contribution in [2.75, 3.05) is 39.0 Å². The van der Waals surface area contributed by atoms with Crippen LogP contribution in [0, 0.1) is 0 Å². The van der Waals surface area contributed by atoms with Gasteiger partial charge in [0.05, 0.1) is 6.26 Å². The average Bonchev–Trinajstić information content (AvgIpc) is 2.34. The fraction of sp³-hybridized carbons (Fsp3) is 0.889. The number of carboxylic acid groups (broad SMARTS) is 1. The zero-order chi connectivity index (χ0) is 15.4. The van der Waals surface area contributed by atoms with Gasteiger partial charge in [-0.2, -0.15) is 17.0 Å². The van der Waals surface area contributed by atoms with E-state index in [0.717, 1.165) is 10.6 Å². The van der Waals surface area contributed by atoms with Gasteiger partial charge in [0.2, 0.25) is 10.0 Å². The lowest BCUT2D eigenvalue weighted by molar-refractivity contribution is -0.137. The summed E-state index contributed by atoms with van der Waals surface area (Å²) < 4.78 is 51.1. The lowest BCUT2D eigenvalue weighted by atomic mass is 10.3. The van der Waals surface area contributed by atoms with Crippen molar-refractivity contribution in [3.8, 4) is 0 Å². The zero-order valence-corrected chi connectivity index (χ0v) is 12.8. The van der Waals surface area contributed by atoms with Crippen molar-refractivity contribution < 1.29 is 26.7 Å². The summed E-state index contributed by atoms with van der Waals surface area (Å²) in [5.74, 6) is -0.981. The SMILES string of the molecule is CS(=O)(=O)N1CCN(S(=O)(=O)NCCCC(=O)O)CC1. The first-order valence-corrected chi connectivity index (χ1v) is 9.33. The van der Waals surface area contributed by atoms with Crippen molar-refractivity contribution in [2.45, 2.75) is 12.8 Å². The van der Waals surface area contributed by atoms with E-state index in [2.05, 4.69) is 4.72 Å². The molecule has 0 unspecified atom stereocenters. The van der Waals surface area contributed by atoms with E-state index in [0.29, 0.717) is 0 Å². The van der Waals surface area contributed by atoms with Crippen LogP contribution in [0.3, 0.4) is 0 Å². The maximum Gasteiger partial charge on any atom is 0.303 e. The minimum Gasteiger partial charge on any atom is -0.481 e. The molecular weight excluding hydrogens is 310 g/mol. The van der Waals surface area contributed by atoms with Crippen LogP contribution in [0.5, 0.6) is 0 Å². The molecule has 0 amide bonds. The number of hydrogen-bond donors (Lipinski definition) is 2. The molecule has 0 bridgehead atoms. The van der Waals surface area contributed by atoms with E-state index in [4.69, 9.17) is 5.11 Å². The van der Waals surface area contributed by atoms with Gasteiger partial charge >= 0.3 is 5.97 Å². The topological polar surface area (TPSA) is 124 Å². The maximum absolute atomic E-state index is 11.9. The molecule has 1 fully saturated rings. The molecule has 0 aromatic carbocycles. The molecule has 0 atom stereocenters. The number of sulfonamides is 1. The Morgan fingerprint density at radius 3 is 2.05 bits per heavy atom. The molecule has 1 aliphatic rings. The van der Waals surface area contributed by atoms with Crippen LogP contribution >= 0.6 is 0 Å². The minimum atomic E-state index is -3.68. The van der Waals surface area contributed by atoms with Crippen molar-refractivity contribution in [1.29, 1.82) is 0 Å². The summed E-state index contributed by atoms with van der Waals surface area (Å²) >= 11 is 0. The second-order valence-electron chi connectivity index (χ2n) is 4.46. The van der Waals surface area contributed by atoms with E-state index in [1.165, 1.54) is 4.31 Å². The molecule has 11 heteroatoms. The van der Waals surface area contributed by atoms with Crippen LogP contribution in [0.2, 0.25) is 0 Å². The first-order chi connectivity index (χ1) is 9.13. The van der Waals surface area contributed by atoms with E-state index in [9.17, 15) is 21.6 Å². The van der Waals surface area contributed by atoms with E-state index < -0.39 is 26.2 Å². The van der Waals surface area contributed by atoms with Crippen molar-refractivity contribution in [1.82, 2.24) is 13.3 Å². The Labute approximate surface area is 118 Å². The standard InChI is InChI=1S/C9H19N3O6S2/c1-19(15,16)11-5-7-12(8-6-11)20(17,18)10-4-2-3-9(13)14/h10H,2-8H2,1H3,(H,13,14). The number of nitrogens with one attached hydrogen (secondary N) is 1. The number of piperazine rings is 1. The van der Waals surface area contributed by atoms with Gasteiger partial charge in [-0.3, -0.25) is 4.79 Å². The summed E-state index contributed by atoms with van der Waals surface area (Å²) in [5.41, 5.74) is 0. The van der Waals surface area contributed by atoms with Crippen LogP contribution in [0.25, 0.3) is 0 Å². The lowest BCUT2D eigenvalue weighted by Gasteiger charge is -2.32. The quantitative estimate of drug-likeness (QED) is 0.535. The summed E-state index contributed by atoms with van der Waals surface area (Å²) in [5, 5.41) is 8.45. The molecule has 0 aromatic heterocycles. The molecule has 9 nitrogen and oxygen atoms in total. The first-order valence-electron chi connectivity index (χ1n) is 6.04. The highest BCUT2D eigenvalue weighted by Gasteiger charge is 2.29. The summed E-state index contributed by atoms with van der Waals surface area (Å²) in [6.45, 7) is 0.452. The van der Waals surface area contributed by atoms with Crippen LogP contribution in [0.1, 0.15) is 12.8 Å². The van der Waals surface area contributed by atoms with E-state index in [-0.39, 0.29) is 45.6 Å². The molecule has 1 aliphatic heterocycles. The fourth-order valence-corrected chi connectivity index (χ4v) is 3.83. The monoisotopic (exact) mass is 329 g/mol. The highest BCUT2D eigenvalue weighted by Crippen LogP contribution is 2.09. The maximum atomic E-state index is 11.9. The molecule has 0 aromatic rings. The van der Waals surface area contributed by atoms with E-state index in [1.54, 1.807) is 0 Å². The Morgan fingerprint density at radius 1 is 1.10 bits per heavy atom. The molecule has 0 saturated carbocycles. The van der Waals surface area contributed by atoms with Gasteiger partial charge in [0.25, 0.3) is 10.2 Å². The first kappa shape index (κ1) is 17.3. The largest absolute Gasteiger partial charge is 0.481 e. The molecule has 0 radical (unpaired) electrons. The van der Waals surface area contributed by atoms with Crippen molar-refractivity contribution in [3.05, 3.63) is 0 Å². The molecule has 20 heavy (non-hydrogen) atoms. The number of carbonyl (C=O) groups is 1. The number of hydrogen-bond acceptors (Lipinski definition) is 5. The average molecular weight is 329 g/mol. The Bertz CT molecular complexity index is 536. The van der Waals surface area contributed by atoms with Crippen LogP contribution in [0.15, 0.2) is 0 Å². The number of aliphatic carboxylic acids is 1. The lowest BCUT2D eigenvalue weighted by Crippen LogP contribution is -2.53. The highest BCUT2D eigenvalue weighted by atomic mass is 32.2. The van der Waals surface area contributed by atoms with Gasteiger partial charge in [-0.15, -0.1) is 0 Å². The second kappa shape index (κ2) is 6.80. The van der Waals surface area contributed by atoms with Crippen LogP contribution in [0.4, 0.5) is 0 Å². The Kier molecular flexibility index (Phi) is 5.89. The number of carboxylic acids is 1. The molecule has 0 aliphatic carbocycles. The number of nitrogens with zero attached hydrogens (tertiary/aromatic N) is 2. The van der Waals surface area contributed by atoms with Crippen LogP contribution in [-0.2, 0) is 25.0 Å². The van der Waals surface area contributed by atoms with Gasteiger partial charge in [-0.25, -0.2) is 13.1 Å². The molecule has 2 N–H and O–H groups in total. The van der Waals surface area contributed by atoms with Crippen molar-refractivity contribution >= 4 is 26.2 Å². The normalized spacial score (nSPS) is 19.1. The molecule has 1 heterocycles. The fourth-order valence-electron chi connectivity index (χ4n) is 1.77. The minimum absolute atomic E-state index is 0.0426. The molecule has 0 spiro atoms. The predicted octanol–water partition coefficient (Wildman–Crippen LogP) is -1.74. The van der Waals surface area contributed by atoms with E-state index >= 15 is 0 Å². The second-order valence-corrected chi connectivity index (χ2v) is 8.20. The third-order valence-corrected chi connectivity index (χ3v) is 5.78. The van der Waals surface area contributed by atoms with E-state index in [1.807, 2.05) is 0 Å². The van der Waals surface area contributed by atoms with Gasteiger partial charge in [-0.05, 0) is 6.42 Å². The van der Waals surface area contributed by atoms with Gasteiger partial charge in [-0.1, -0.05) is 0 Å². The Balaban J connectivity index is 2.45. The summed E-state index contributed by atoms with van der Waals surface area (Å²) in [4.78, 5) is 10.3. The Morgan fingerprint density at radius 2 is 1.60 bits per heavy atom. The van der Waals surface area contributed by atoms with Crippen LogP contribution in [-0.4, -0.2) is 75.5 Å². The predicted molar refractivity (Wildman–Crippen MR) is 71.8 cm³/mol. The van der Waals surface area contributed by atoms with Crippen molar-refractivity contribution in [2.24, 2.45) is 0 Å². The smallest absolute Gasteiger partial charge is 0.303 e. The van der Waals surface area contributed by atoms with Crippen LogP contribution < -0.4 is 4.72 Å². The van der Waals surface area contributed by atoms with Gasteiger partial charge in [0, 0.05) is 39.1 Å². The summed E-state index contributed by atoms with van der Waals surface area (Å²) in [6.07, 6.45) is 1.18. The van der Waals surface area contributed by atoms with Gasteiger partial charge in [0.15, 0.2) is 0 Å². The third-order valence-electron chi connectivity index (χ3n) is 2.86. The number of rotatable bonds is 7. The third kappa shape index (κ3) is 5.32. The Hall–Kier alpha value is -0.750. The molecular formula is C9H19N3O6S2.